The van der Waals surface area contributed by atoms with E-state index < -0.39 is 14.9 Å². The Balaban J connectivity index is 2.03. The van der Waals surface area contributed by atoms with Crippen molar-refractivity contribution < 1.29 is 18.1 Å². The van der Waals surface area contributed by atoms with Crippen molar-refractivity contribution >= 4 is 21.4 Å². The van der Waals surface area contributed by atoms with E-state index in [-0.39, 0.29) is 29.3 Å². The van der Waals surface area contributed by atoms with Crippen molar-refractivity contribution in [2.75, 3.05) is 58.7 Å². The van der Waals surface area contributed by atoms with Crippen LogP contribution >= 0.6 is 0 Å². The van der Waals surface area contributed by atoms with Crippen LogP contribution < -0.4 is 10.0 Å². The van der Waals surface area contributed by atoms with Gasteiger partial charge in [-0.1, -0.05) is 0 Å². The summed E-state index contributed by atoms with van der Waals surface area (Å²) in [5, 5.41) is 14.5. The molecular formula is C18H31N5O5S. The summed E-state index contributed by atoms with van der Waals surface area (Å²) in [6.45, 7) is 7.63. The Morgan fingerprint density at radius 3 is 2.48 bits per heavy atom. The molecule has 11 heteroatoms. The van der Waals surface area contributed by atoms with Gasteiger partial charge in [0.2, 0.25) is 10.0 Å². The highest BCUT2D eigenvalue weighted by molar-refractivity contribution is 7.89. The molecule has 1 heterocycles. The topological polar surface area (TPSA) is 117 Å². The van der Waals surface area contributed by atoms with Crippen molar-refractivity contribution in [2.45, 2.75) is 31.0 Å². The number of sulfonamides is 1. The lowest BCUT2D eigenvalue weighted by Gasteiger charge is -2.35. The van der Waals surface area contributed by atoms with E-state index in [0.29, 0.717) is 25.3 Å². The largest absolute Gasteiger partial charge is 0.378 e. The smallest absolute Gasteiger partial charge is 0.293 e. The fourth-order valence-electron chi connectivity index (χ4n) is 3.28. The van der Waals surface area contributed by atoms with E-state index in [4.69, 9.17) is 4.74 Å². The molecule has 0 radical (unpaired) electrons. The Kier molecular flexibility index (Phi) is 8.34. The summed E-state index contributed by atoms with van der Waals surface area (Å²) in [6.07, 6.45) is 0.301. The number of nitrogens with zero attached hydrogens (tertiary/aromatic N) is 3. The van der Waals surface area contributed by atoms with Gasteiger partial charge in [0.1, 0.15) is 5.69 Å². The molecule has 1 aliphatic rings. The lowest BCUT2D eigenvalue weighted by molar-refractivity contribution is -0.384. The Morgan fingerprint density at radius 1 is 1.24 bits per heavy atom. The normalized spacial score (nSPS) is 20.7. The lowest BCUT2D eigenvalue weighted by Crippen LogP contribution is -2.46. The molecule has 0 aliphatic carbocycles. The van der Waals surface area contributed by atoms with Crippen LogP contribution in [-0.4, -0.2) is 88.7 Å². The number of hydrogen-bond donors (Lipinski definition) is 2. The molecule has 1 aromatic carbocycles. The van der Waals surface area contributed by atoms with E-state index in [2.05, 4.69) is 14.9 Å². The first-order chi connectivity index (χ1) is 13.6. The molecular weight excluding hydrogens is 398 g/mol. The number of morpholine rings is 1. The monoisotopic (exact) mass is 429 g/mol. The number of anilines is 1. The van der Waals surface area contributed by atoms with Gasteiger partial charge in [0.15, 0.2) is 0 Å². The van der Waals surface area contributed by atoms with Gasteiger partial charge in [0.25, 0.3) is 5.69 Å². The van der Waals surface area contributed by atoms with Crippen LogP contribution in [0.25, 0.3) is 0 Å². The molecule has 1 aliphatic heterocycles. The fourth-order valence-corrected chi connectivity index (χ4v) is 4.32. The van der Waals surface area contributed by atoms with Gasteiger partial charge >= 0.3 is 0 Å². The molecule has 2 unspecified atom stereocenters. The summed E-state index contributed by atoms with van der Waals surface area (Å²) < 4.78 is 32.9. The maximum Gasteiger partial charge on any atom is 0.293 e. The van der Waals surface area contributed by atoms with E-state index >= 15 is 0 Å². The van der Waals surface area contributed by atoms with Crippen molar-refractivity contribution in [1.82, 2.24) is 14.5 Å². The molecule has 164 valence electrons. The van der Waals surface area contributed by atoms with Gasteiger partial charge in [-0.3, -0.25) is 15.0 Å². The van der Waals surface area contributed by atoms with Crippen molar-refractivity contribution in [1.29, 1.82) is 0 Å². The zero-order valence-electron chi connectivity index (χ0n) is 17.4. The summed E-state index contributed by atoms with van der Waals surface area (Å²) in [5.41, 5.74) is 0.0424. The molecule has 0 spiro atoms. The Bertz CT molecular complexity index is 792. The molecule has 0 amide bonds. The molecule has 0 aromatic heterocycles. The summed E-state index contributed by atoms with van der Waals surface area (Å²) in [5.74, 6) is 0. The van der Waals surface area contributed by atoms with Gasteiger partial charge in [-0.2, -0.15) is 0 Å². The van der Waals surface area contributed by atoms with Crippen molar-refractivity contribution in [3.8, 4) is 0 Å². The van der Waals surface area contributed by atoms with Crippen LogP contribution in [0.2, 0.25) is 0 Å². The predicted molar refractivity (Wildman–Crippen MR) is 112 cm³/mol. The second-order valence-electron chi connectivity index (χ2n) is 7.58. The number of benzene rings is 1. The van der Waals surface area contributed by atoms with Gasteiger partial charge in [0.05, 0.1) is 22.0 Å². The lowest BCUT2D eigenvalue weighted by atomic mass is 10.2. The van der Waals surface area contributed by atoms with E-state index in [1.165, 1.54) is 12.1 Å². The minimum atomic E-state index is -3.81. The molecule has 1 saturated heterocycles. The maximum absolute atomic E-state index is 12.4. The maximum atomic E-state index is 12.4. The summed E-state index contributed by atoms with van der Waals surface area (Å²) in [7, 11) is -0.147. The van der Waals surface area contributed by atoms with Crippen molar-refractivity contribution in [3.05, 3.63) is 28.3 Å². The zero-order chi connectivity index (χ0) is 21.6. The Labute approximate surface area is 172 Å². The van der Waals surface area contributed by atoms with E-state index in [1.807, 2.05) is 32.8 Å². The fraction of sp³-hybridized carbons (Fsp3) is 0.667. The minimum absolute atomic E-state index is 0.121. The molecule has 1 fully saturated rings. The van der Waals surface area contributed by atoms with Gasteiger partial charge in [-0.15, -0.1) is 0 Å². The number of likely N-dealkylation sites (N-methyl/N-ethyl adjacent to an activating group) is 1. The number of nitro benzene ring substituents is 1. The Hall–Kier alpha value is -1.79. The van der Waals surface area contributed by atoms with Crippen LogP contribution in [0.1, 0.15) is 13.8 Å². The SMILES string of the molecule is CC1CN(CCNc2ccc(S(=O)(=O)NCCN(C)C)cc2[N+](=O)[O-])CC(C)O1. The molecule has 0 bridgehead atoms. The quantitative estimate of drug-likeness (QED) is 0.417. The second-order valence-corrected chi connectivity index (χ2v) is 9.35. The minimum Gasteiger partial charge on any atom is -0.378 e. The third-order valence-corrected chi connectivity index (χ3v) is 6.02. The highest BCUT2D eigenvalue weighted by Crippen LogP contribution is 2.27. The highest BCUT2D eigenvalue weighted by atomic mass is 32.2. The van der Waals surface area contributed by atoms with E-state index in [1.54, 1.807) is 0 Å². The first-order valence-electron chi connectivity index (χ1n) is 9.63. The third-order valence-electron chi connectivity index (χ3n) is 4.57. The van der Waals surface area contributed by atoms with Gasteiger partial charge in [-0.05, 0) is 40.1 Å². The van der Waals surface area contributed by atoms with E-state index in [9.17, 15) is 18.5 Å². The summed E-state index contributed by atoms with van der Waals surface area (Å²) in [4.78, 5) is 14.9. The van der Waals surface area contributed by atoms with Crippen molar-refractivity contribution in [2.24, 2.45) is 0 Å². The van der Waals surface area contributed by atoms with Gasteiger partial charge in [-0.25, -0.2) is 13.1 Å². The van der Waals surface area contributed by atoms with Gasteiger partial charge in [0, 0.05) is 45.3 Å². The van der Waals surface area contributed by atoms with Crippen molar-refractivity contribution in [3.63, 3.8) is 0 Å². The third kappa shape index (κ3) is 7.19. The molecule has 29 heavy (non-hydrogen) atoms. The number of hydrogen-bond acceptors (Lipinski definition) is 8. The second kappa shape index (κ2) is 10.3. The standard InChI is InChI=1S/C18H31N5O5S/c1-14-12-22(13-15(2)28-14)10-7-19-17-6-5-16(11-18(17)23(24)25)29(26,27)20-8-9-21(3)4/h5-6,11,14-15,19-20H,7-10,12-13H2,1-4H3. The molecule has 10 nitrogen and oxygen atoms in total. The van der Waals surface area contributed by atoms with Crippen LogP contribution in [0.5, 0.6) is 0 Å². The number of nitrogens with one attached hydrogen (secondary N) is 2. The first-order valence-corrected chi connectivity index (χ1v) is 11.1. The number of ether oxygens (including phenoxy) is 1. The molecule has 1 aromatic rings. The first kappa shape index (κ1) is 23.5. The molecule has 0 saturated carbocycles. The average molecular weight is 430 g/mol. The van der Waals surface area contributed by atoms with Crippen LogP contribution in [0.15, 0.2) is 23.1 Å². The molecule has 2 N–H and O–H groups in total. The van der Waals surface area contributed by atoms with Gasteiger partial charge < -0.3 is 15.0 Å². The molecule has 2 atom stereocenters. The summed E-state index contributed by atoms with van der Waals surface area (Å²) in [6, 6.07) is 3.93. The summed E-state index contributed by atoms with van der Waals surface area (Å²) >= 11 is 0. The van der Waals surface area contributed by atoms with E-state index in [0.717, 1.165) is 19.2 Å². The zero-order valence-corrected chi connectivity index (χ0v) is 18.2. The molecule has 2 rings (SSSR count). The van der Waals surface area contributed by atoms with Crippen LogP contribution in [-0.2, 0) is 14.8 Å². The number of rotatable bonds is 10. The average Bonchev–Trinajstić information content (AvgIpc) is 2.60. The van der Waals surface area contributed by atoms with Crippen LogP contribution in [0, 0.1) is 10.1 Å². The Morgan fingerprint density at radius 2 is 1.90 bits per heavy atom. The number of nitro groups is 1. The van der Waals surface area contributed by atoms with Crippen LogP contribution in [0.4, 0.5) is 11.4 Å². The van der Waals surface area contributed by atoms with Crippen LogP contribution in [0.3, 0.4) is 0 Å². The highest BCUT2D eigenvalue weighted by Gasteiger charge is 2.23. The predicted octanol–water partition coefficient (Wildman–Crippen LogP) is 0.956.